The molecule has 0 rings (SSSR count). The largest absolute Gasteiger partial charge is 0.480 e. The van der Waals surface area contributed by atoms with Gasteiger partial charge in [-0.1, -0.05) is 30.4 Å². The predicted molar refractivity (Wildman–Crippen MR) is 57.9 cm³/mol. The van der Waals surface area contributed by atoms with Crippen LogP contribution in [0.3, 0.4) is 0 Å². The second-order valence-corrected chi connectivity index (χ2v) is 3.10. The lowest BCUT2D eigenvalue weighted by Crippen LogP contribution is -2.30. The van der Waals surface area contributed by atoms with Gasteiger partial charge in [-0.05, 0) is 25.8 Å². The van der Waals surface area contributed by atoms with Crippen LogP contribution in [0.15, 0.2) is 36.0 Å². The van der Waals surface area contributed by atoms with E-state index in [1.165, 1.54) is 0 Å². The maximum Gasteiger partial charge on any atom is 0.320 e. The third-order valence-corrected chi connectivity index (χ3v) is 1.90. The molecule has 0 aliphatic rings. The number of nitrogens with two attached hydrogens (primary N) is 1. The van der Waals surface area contributed by atoms with Crippen LogP contribution in [0.5, 0.6) is 0 Å². The van der Waals surface area contributed by atoms with Gasteiger partial charge in [-0.15, -0.1) is 0 Å². The van der Waals surface area contributed by atoms with E-state index in [0.717, 1.165) is 11.1 Å². The molecule has 0 aliphatic carbocycles. The molecule has 0 aromatic heterocycles. The number of carbonyl (C=O) groups is 1. The molecule has 0 spiro atoms. The van der Waals surface area contributed by atoms with Crippen LogP contribution in [0, 0.1) is 0 Å². The Labute approximate surface area is 84.6 Å². The van der Waals surface area contributed by atoms with Gasteiger partial charge in [0.05, 0.1) is 0 Å². The number of allylic oxidation sites excluding steroid dienone is 4. The van der Waals surface area contributed by atoms with Gasteiger partial charge in [0.1, 0.15) is 6.04 Å². The van der Waals surface area contributed by atoms with Crippen LogP contribution in [0.1, 0.15) is 20.3 Å². The van der Waals surface area contributed by atoms with Crippen molar-refractivity contribution >= 4 is 5.97 Å². The van der Waals surface area contributed by atoms with Gasteiger partial charge < -0.3 is 10.8 Å². The number of carboxylic acids is 1. The molecule has 0 saturated carbocycles. The summed E-state index contributed by atoms with van der Waals surface area (Å²) in [6, 6.07) is -0.857. The van der Waals surface area contributed by atoms with Gasteiger partial charge in [-0.3, -0.25) is 4.79 Å². The van der Waals surface area contributed by atoms with Gasteiger partial charge in [0.2, 0.25) is 0 Å². The van der Waals surface area contributed by atoms with Crippen LogP contribution in [0.2, 0.25) is 0 Å². The zero-order valence-electron chi connectivity index (χ0n) is 8.66. The van der Waals surface area contributed by atoms with Crippen LogP contribution < -0.4 is 5.73 Å². The molecule has 3 nitrogen and oxygen atoms in total. The van der Waals surface area contributed by atoms with Crippen LogP contribution in [0.25, 0.3) is 0 Å². The minimum Gasteiger partial charge on any atom is -0.480 e. The molecular weight excluding hydrogens is 178 g/mol. The predicted octanol–water partition coefficient (Wildman–Crippen LogP) is 1.87. The minimum absolute atomic E-state index is 0.310. The highest BCUT2D eigenvalue weighted by atomic mass is 16.4. The van der Waals surface area contributed by atoms with E-state index < -0.39 is 12.0 Å². The first-order valence-electron chi connectivity index (χ1n) is 4.45. The molecule has 0 saturated heterocycles. The van der Waals surface area contributed by atoms with Gasteiger partial charge in [0, 0.05) is 0 Å². The van der Waals surface area contributed by atoms with E-state index >= 15 is 0 Å². The number of hydrogen-bond acceptors (Lipinski definition) is 2. The van der Waals surface area contributed by atoms with Crippen LogP contribution >= 0.6 is 0 Å². The number of carboxylic acid groups (broad SMARTS) is 1. The van der Waals surface area contributed by atoms with E-state index in [9.17, 15) is 4.79 Å². The van der Waals surface area contributed by atoms with Crippen molar-refractivity contribution < 1.29 is 9.90 Å². The standard InChI is InChI=1S/C11H17NO2/c1-4-8(3)6-9(5-2)7-10(12)11(13)14/h4-6,10H,2,7,12H2,1,3H3,(H,13,14)/b8-4-,9-6+. The van der Waals surface area contributed by atoms with E-state index in [0.29, 0.717) is 6.42 Å². The second kappa shape index (κ2) is 6.16. The Bertz CT molecular complexity index is 277. The Hall–Kier alpha value is -1.35. The summed E-state index contributed by atoms with van der Waals surface area (Å²) in [5.74, 6) is -0.990. The second-order valence-electron chi connectivity index (χ2n) is 3.10. The van der Waals surface area contributed by atoms with Crippen molar-refractivity contribution in [1.29, 1.82) is 0 Å². The van der Waals surface area contributed by atoms with Gasteiger partial charge in [0.15, 0.2) is 0 Å². The summed E-state index contributed by atoms with van der Waals surface area (Å²) in [7, 11) is 0. The van der Waals surface area contributed by atoms with E-state index in [4.69, 9.17) is 10.8 Å². The summed E-state index contributed by atoms with van der Waals surface area (Å²) in [6.07, 6.45) is 5.77. The molecular formula is C11H17NO2. The minimum atomic E-state index is -0.990. The maximum absolute atomic E-state index is 10.5. The summed E-state index contributed by atoms with van der Waals surface area (Å²) in [5.41, 5.74) is 7.31. The van der Waals surface area contributed by atoms with Gasteiger partial charge >= 0.3 is 5.97 Å². The Morgan fingerprint density at radius 1 is 1.64 bits per heavy atom. The third-order valence-electron chi connectivity index (χ3n) is 1.90. The quantitative estimate of drug-likeness (QED) is 0.658. The molecule has 0 fully saturated rings. The number of rotatable bonds is 5. The molecule has 14 heavy (non-hydrogen) atoms. The van der Waals surface area contributed by atoms with Crippen molar-refractivity contribution in [2.45, 2.75) is 26.3 Å². The lowest BCUT2D eigenvalue weighted by atomic mass is 10.0. The van der Waals surface area contributed by atoms with Gasteiger partial charge in [-0.25, -0.2) is 0 Å². The SMILES string of the molecule is C=C/C(=C\C(C)=C/C)CC(N)C(=O)O. The molecule has 3 heteroatoms. The zero-order chi connectivity index (χ0) is 11.1. The van der Waals surface area contributed by atoms with Crippen LogP contribution in [-0.2, 0) is 4.79 Å². The van der Waals surface area contributed by atoms with Crippen molar-refractivity contribution in [3.05, 3.63) is 36.0 Å². The number of aliphatic carboxylic acids is 1. The van der Waals surface area contributed by atoms with Crippen molar-refractivity contribution in [2.75, 3.05) is 0 Å². The third kappa shape index (κ3) is 4.62. The lowest BCUT2D eigenvalue weighted by Gasteiger charge is -2.06. The summed E-state index contributed by atoms with van der Waals surface area (Å²) in [5, 5.41) is 8.62. The van der Waals surface area contributed by atoms with E-state index in [-0.39, 0.29) is 0 Å². The van der Waals surface area contributed by atoms with Crippen LogP contribution in [-0.4, -0.2) is 17.1 Å². The first-order chi connectivity index (χ1) is 6.51. The molecule has 0 aromatic carbocycles. The van der Waals surface area contributed by atoms with Gasteiger partial charge in [-0.2, -0.15) is 0 Å². The number of hydrogen-bond donors (Lipinski definition) is 2. The Kier molecular flexibility index (Phi) is 5.56. The van der Waals surface area contributed by atoms with Crippen molar-refractivity contribution in [3.63, 3.8) is 0 Å². The van der Waals surface area contributed by atoms with E-state index in [1.807, 2.05) is 26.0 Å². The molecule has 1 atom stereocenters. The highest BCUT2D eigenvalue weighted by molar-refractivity contribution is 5.73. The average Bonchev–Trinajstić information content (AvgIpc) is 2.16. The molecule has 3 N–H and O–H groups in total. The Morgan fingerprint density at radius 3 is 2.57 bits per heavy atom. The normalized spacial score (nSPS) is 15.1. The highest BCUT2D eigenvalue weighted by Crippen LogP contribution is 2.09. The molecule has 0 amide bonds. The topological polar surface area (TPSA) is 63.3 Å². The first kappa shape index (κ1) is 12.7. The van der Waals surface area contributed by atoms with Crippen molar-refractivity contribution in [1.82, 2.24) is 0 Å². The summed E-state index contributed by atoms with van der Waals surface area (Å²) < 4.78 is 0. The van der Waals surface area contributed by atoms with Crippen LogP contribution in [0.4, 0.5) is 0 Å². The molecule has 0 radical (unpaired) electrons. The molecule has 0 heterocycles. The fourth-order valence-corrected chi connectivity index (χ4v) is 0.918. The fourth-order valence-electron chi connectivity index (χ4n) is 0.918. The smallest absolute Gasteiger partial charge is 0.320 e. The first-order valence-corrected chi connectivity index (χ1v) is 4.45. The van der Waals surface area contributed by atoms with E-state index in [1.54, 1.807) is 6.08 Å². The molecule has 1 unspecified atom stereocenters. The molecule has 78 valence electrons. The maximum atomic E-state index is 10.5. The monoisotopic (exact) mass is 195 g/mol. The molecule has 0 aromatic rings. The Balaban J connectivity index is 4.52. The van der Waals surface area contributed by atoms with E-state index in [2.05, 4.69) is 6.58 Å². The molecule has 0 bridgehead atoms. The lowest BCUT2D eigenvalue weighted by molar-refractivity contribution is -0.138. The summed E-state index contributed by atoms with van der Waals surface area (Å²) >= 11 is 0. The van der Waals surface area contributed by atoms with Crippen molar-refractivity contribution in [3.8, 4) is 0 Å². The molecule has 0 aliphatic heterocycles. The van der Waals surface area contributed by atoms with Gasteiger partial charge in [0.25, 0.3) is 0 Å². The van der Waals surface area contributed by atoms with Crippen molar-refractivity contribution in [2.24, 2.45) is 5.73 Å². The highest BCUT2D eigenvalue weighted by Gasteiger charge is 2.11. The summed E-state index contributed by atoms with van der Waals surface area (Å²) in [4.78, 5) is 10.5. The fraction of sp³-hybridized carbons (Fsp3) is 0.364. The average molecular weight is 195 g/mol. The Morgan fingerprint density at radius 2 is 2.21 bits per heavy atom. The summed E-state index contributed by atoms with van der Waals surface area (Å²) in [6.45, 7) is 7.48. The zero-order valence-corrected chi connectivity index (χ0v) is 8.66.